The summed E-state index contributed by atoms with van der Waals surface area (Å²) in [7, 11) is 0. The third-order valence-corrected chi connectivity index (χ3v) is 3.26. The topological polar surface area (TPSA) is 21.3 Å². The van der Waals surface area contributed by atoms with E-state index in [0.717, 1.165) is 35.0 Å². The zero-order chi connectivity index (χ0) is 12.7. The van der Waals surface area contributed by atoms with Gasteiger partial charge in [-0.15, -0.1) is 0 Å². The number of halogens is 1. The second-order valence-electron chi connectivity index (χ2n) is 4.32. The number of nitrogens with one attached hydrogen (secondary N) is 1. The van der Waals surface area contributed by atoms with Crippen molar-refractivity contribution in [1.29, 1.82) is 0 Å². The van der Waals surface area contributed by atoms with Crippen molar-refractivity contribution >= 4 is 11.6 Å². The Hall–Kier alpha value is -0.730. The van der Waals surface area contributed by atoms with E-state index in [1.54, 1.807) is 0 Å². The van der Waals surface area contributed by atoms with Gasteiger partial charge in [0.2, 0.25) is 0 Å². The van der Waals surface area contributed by atoms with Crippen LogP contribution in [0.25, 0.3) is 0 Å². The van der Waals surface area contributed by atoms with Crippen LogP contribution in [0.1, 0.15) is 30.9 Å². The average molecular weight is 256 g/mol. The van der Waals surface area contributed by atoms with Crippen molar-refractivity contribution in [3.63, 3.8) is 0 Å². The Kier molecular flexibility index (Phi) is 6.38. The lowest BCUT2D eigenvalue weighted by Gasteiger charge is -2.10. The first-order valence-electron chi connectivity index (χ1n) is 6.25. The molecule has 1 N–H and O–H groups in total. The Labute approximate surface area is 109 Å². The van der Waals surface area contributed by atoms with Gasteiger partial charge in [-0.1, -0.05) is 24.9 Å². The van der Waals surface area contributed by atoms with Crippen LogP contribution in [0.3, 0.4) is 0 Å². The molecule has 17 heavy (non-hydrogen) atoms. The van der Waals surface area contributed by atoms with Crippen LogP contribution < -0.4 is 10.1 Å². The lowest BCUT2D eigenvalue weighted by Crippen LogP contribution is -2.22. The highest BCUT2D eigenvalue weighted by Gasteiger charge is 2.03. The van der Waals surface area contributed by atoms with E-state index < -0.39 is 0 Å². The number of aryl methyl sites for hydroxylation is 2. The van der Waals surface area contributed by atoms with Gasteiger partial charge in [0, 0.05) is 11.6 Å². The highest BCUT2D eigenvalue weighted by molar-refractivity contribution is 6.32. The summed E-state index contributed by atoms with van der Waals surface area (Å²) in [5, 5.41) is 4.18. The molecule has 0 fully saturated rings. The Morgan fingerprint density at radius 2 is 1.82 bits per heavy atom. The summed E-state index contributed by atoms with van der Waals surface area (Å²) in [6.45, 7) is 8.85. The minimum atomic E-state index is 0.699. The third-order valence-electron chi connectivity index (χ3n) is 2.66. The number of unbranched alkanes of at least 4 members (excludes halogenated alkanes) is 1. The summed E-state index contributed by atoms with van der Waals surface area (Å²) >= 11 is 6.10. The molecule has 0 aliphatic rings. The molecule has 0 aliphatic carbocycles. The van der Waals surface area contributed by atoms with Crippen molar-refractivity contribution < 1.29 is 4.74 Å². The molecule has 0 aliphatic heterocycles. The molecular formula is C14H22ClNO. The molecule has 0 saturated carbocycles. The molecule has 3 heteroatoms. The maximum atomic E-state index is 6.10. The average Bonchev–Trinajstić information content (AvgIpc) is 2.30. The predicted molar refractivity (Wildman–Crippen MR) is 74.2 cm³/mol. The lowest BCUT2D eigenvalue weighted by molar-refractivity contribution is 0.313. The zero-order valence-corrected chi connectivity index (χ0v) is 11.7. The number of rotatable bonds is 7. The summed E-state index contributed by atoms with van der Waals surface area (Å²) in [5.41, 5.74) is 2.14. The first kappa shape index (κ1) is 14.3. The number of hydrogen-bond donors (Lipinski definition) is 1. The maximum Gasteiger partial charge on any atom is 0.119 e. The smallest absolute Gasteiger partial charge is 0.119 e. The Morgan fingerprint density at radius 3 is 2.41 bits per heavy atom. The van der Waals surface area contributed by atoms with E-state index in [4.69, 9.17) is 16.3 Å². The fourth-order valence-corrected chi connectivity index (χ4v) is 1.77. The van der Waals surface area contributed by atoms with Crippen molar-refractivity contribution in [2.24, 2.45) is 0 Å². The molecule has 1 rings (SSSR count). The summed E-state index contributed by atoms with van der Waals surface area (Å²) < 4.78 is 5.68. The molecule has 1 aromatic rings. The predicted octanol–water partition coefficient (Wildman–Crippen LogP) is 3.73. The largest absolute Gasteiger partial charge is 0.492 e. The monoisotopic (exact) mass is 255 g/mol. The molecule has 0 aromatic heterocycles. The van der Waals surface area contributed by atoms with Gasteiger partial charge in [0.05, 0.1) is 0 Å². The molecule has 0 heterocycles. The van der Waals surface area contributed by atoms with Crippen LogP contribution in [-0.4, -0.2) is 19.7 Å². The van der Waals surface area contributed by atoms with E-state index in [0.29, 0.717) is 6.61 Å². The van der Waals surface area contributed by atoms with Gasteiger partial charge in [0.15, 0.2) is 0 Å². The SMILES string of the molecule is CCCCNCCOc1cc(C)c(Cl)c(C)c1. The van der Waals surface area contributed by atoms with Crippen LogP contribution in [0, 0.1) is 13.8 Å². The lowest BCUT2D eigenvalue weighted by atomic mass is 10.1. The van der Waals surface area contributed by atoms with Crippen molar-refractivity contribution in [3.05, 3.63) is 28.3 Å². The van der Waals surface area contributed by atoms with E-state index in [1.807, 2.05) is 26.0 Å². The van der Waals surface area contributed by atoms with Crippen LogP contribution >= 0.6 is 11.6 Å². The normalized spacial score (nSPS) is 10.6. The second-order valence-corrected chi connectivity index (χ2v) is 4.70. The van der Waals surface area contributed by atoms with Crippen LogP contribution in [-0.2, 0) is 0 Å². The van der Waals surface area contributed by atoms with Crippen LogP contribution in [0.4, 0.5) is 0 Å². The Balaban J connectivity index is 2.32. The summed E-state index contributed by atoms with van der Waals surface area (Å²) in [6.07, 6.45) is 2.45. The quantitative estimate of drug-likeness (QED) is 0.750. The fraction of sp³-hybridized carbons (Fsp3) is 0.571. The molecule has 0 radical (unpaired) electrons. The van der Waals surface area contributed by atoms with Crippen molar-refractivity contribution in [3.8, 4) is 5.75 Å². The first-order chi connectivity index (χ1) is 8.15. The van der Waals surface area contributed by atoms with Crippen molar-refractivity contribution in [2.75, 3.05) is 19.7 Å². The minimum Gasteiger partial charge on any atom is -0.492 e. The molecule has 96 valence electrons. The zero-order valence-electron chi connectivity index (χ0n) is 11.0. The summed E-state index contributed by atoms with van der Waals surface area (Å²) in [5.74, 6) is 0.904. The van der Waals surface area contributed by atoms with Crippen LogP contribution in [0.2, 0.25) is 5.02 Å². The number of hydrogen-bond acceptors (Lipinski definition) is 2. The minimum absolute atomic E-state index is 0.699. The second kappa shape index (κ2) is 7.57. The third kappa shape index (κ3) is 4.97. The molecule has 0 saturated heterocycles. The molecule has 2 nitrogen and oxygen atoms in total. The molecular weight excluding hydrogens is 234 g/mol. The van der Waals surface area contributed by atoms with E-state index in [9.17, 15) is 0 Å². The molecule has 1 aromatic carbocycles. The molecule has 0 atom stereocenters. The van der Waals surface area contributed by atoms with Gasteiger partial charge in [-0.3, -0.25) is 0 Å². The Bertz CT molecular complexity index is 329. The van der Waals surface area contributed by atoms with Gasteiger partial charge in [-0.2, -0.15) is 0 Å². The van der Waals surface area contributed by atoms with Gasteiger partial charge in [0.1, 0.15) is 12.4 Å². The van der Waals surface area contributed by atoms with E-state index in [-0.39, 0.29) is 0 Å². The highest BCUT2D eigenvalue weighted by Crippen LogP contribution is 2.25. The van der Waals surface area contributed by atoms with E-state index in [1.165, 1.54) is 12.8 Å². The van der Waals surface area contributed by atoms with Gasteiger partial charge in [-0.05, 0) is 50.1 Å². The number of ether oxygens (including phenoxy) is 1. The van der Waals surface area contributed by atoms with Gasteiger partial charge < -0.3 is 10.1 Å². The summed E-state index contributed by atoms with van der Waals surface area (Å²) in [6, 6.07) is 3.97. The molecule has 0 spiro atoms. The molecule has 0 amide bonds. The first-order valence-corrected chi connectivity index (χ1v) is 6.63. The molecule has 0 unspecified atom stereocenters. The highest BCUT2D eigenvalue weighted by atomic mass is 35.5. The maximum absolute atomic E-state index is 6.10. The number of benzene rings is 1. The Morgan fingerprint density at radius 1 is 1.18 bits per heavy atom. The standard InChI is InChI=1S/C14H22ClNO/c1-4-5-6-16-7-8-17-13-9-11(2)14(15)12(3)10-13/h9-10,16H,4-8H2,1-3H3. The van der Waals surface area contributed by atoms with Crippen molar-refractivity contribution in [2.45, 2.75) is 33.6 Å². The van der Waals surface area contributed by atoms with Gasteiger partial charge >= 0.3 is 0 Å². The van der Waals surface area contributed by atoms with Crippen LogP contribution in [0.15, 0.2) is 12.1 Å². The van der Waals surface area contributed by atoms with Gasteiger partial charge in [0.25, 0.3) is 0 Å². The van der Waals surface area contributed by atoms with Crippen LogP contribution in [0.5, 0.6) is 5.75 Å². The fourth-order valence-electron chi connectivity index (χ4n) is 1.66. The summed E-state index contributed by atoms with van der Waals surface area (Å²) in [4.78, 5) is 0. The van der Waals surface area contributed by atoms with E-state index in [2.05, 4.69) is 12.2 Å². The van der Waals surface area contributed by atoms with Crippen molar-refractivity contribution in [1.82, 2.24) is 5.32 Å². The molecule has 0 bridgehead atoms. The van der Waals surface area contributed by atoms with Gasteiger partial charge in [-0.25, -0.2) is 0 Å². The van der Waals surface area contributed by atoms with E-state index >= 15 is 0 Å².